The van der Waals surface area contributed by atoms with Gasteiger partial charge in [0.1, 0.15) is 12.4 Å². The summed E-state index contributed by atoms with van der Waals surface area (Å²) in [5.74, 6) is 0.945. The molecule has 0 N–H and O–H groups in total. The van der Waals surface area contributed by atoms with Crippen molar-refractivity contribution in [2.75, 3.05) is 44.2 Å². The van der Waals surface area contributed by atoms with E-state index in [0.717, 1.165) is 44.9 Å². The van der Waals surface area contributed by atoms with E-state index < -0.39 is 0 Å². The molecule has 0 amide bonds. The molecule has 26 heavy (non-hydrogen) atoms. The largest absolute Gasteiger partial charge is 0.492 e. The lowest BCUT2D eigenvalue weighted by molar-refractivity contribution is 0.230. The monoisotopic (exact) mass is 368 g/mol. The number of hydrogen-bond donors (Lipinski definition) is 1. The molecule has 3 rings (SSSR count). The highest BCUT2D eigenvalue weighted by molar-refractivity contribution is 7.81. The van der Waals surface area contributed by atoms with Crippen LogP contribution in [0.5, 0.6) is 5.75 Å². The quantitative estimate of drug-likeness (QED) is 0.562. The molecule has 0 saturated carbocycles. The van der Waals surface area contributed by atoms with Crippen molar-refractivity contribution in [1.82, 2.24) is 4.90 Å². The van der Waals surface area contributed by atoms with Crippen molar-refractivity contribution in [2.24, 2.45) is 0 Å². The van der Waals surface area contributed by atoms with Gasteiger partial charge < -0.3 is 9.64 Å². The maximum Gasteiger partial charge on any atom is 0.122 e. The molecule has 1 heterocycles. The summed E-state index contributed by atoms with van der Waals surface area (Å²) >= 11 is 4.75. The van der Waals surface area contributed by atoms with E-state index in [1.54, 1.807) is 0 Å². The first-order valence-corrected chi connectivity index (χ1v) is 9.80. The molecule has 1 atom stereocenters. The number of piperazine rings is 1. The van der Waals surface area contributed by atoms with Crippen LogP contribution in [0.15, 0.2) is 67.3 Å². The first-order chi connectivity index (χ1) is 12.8. The molecular weight excluding hydrogens is 340 g/mol. The van der Waals surface area contributed by atoms with Gasteiger partial charge in [-0.25, -0.2) is 0 Å². The fraction of sp³-hybridized carbons (Fsp3) is 0.364. The number of hydrogen-bond acceptors (Lipinski definition) is 4. The van der Waals surface area contributed by atoms with E-state index >= 15 is 0 Å². The molecule has 138 valence electrons. The molecule has 0 aliphatic carbocycles. The van der Waals surface area contributed by atoms with Crippen molar-refractivity contribution < 1.29 is 4.74 Å². The minimum Gasteiger partial charge on any atom is -0.492 e. The summed E-state index contributed by atoms with van der Waals surface area (Å²) in [6, 6.07) is 18.8. The second kappa shape index (κ2) is 9.70. The first-order valence-electron chi connectivity index (χ1n) is 9.28. The maximum absolute atomic E-state index is 6.02. The predicted molar refractivity (Wildman–Crippen MR) is 114 cm³/mol. The Hall–Kier alpha value is -1.91. The molecule has 0 radical (unpaired) electrons. The predicted octanol–water partition coefficient (Wildman–Crippen LogP) is 3.91. The number of thiol groups is 1. The van der Waals surface area contributed by atoms with Gasteiger partial charge in [-0.1, -0.05) is 42.5 Å². The lowest BCUT2D eigenvalue weighted by Gasteiger charge is -2.37. The fourth-order valence-corrected chi connectivity index (χ4v) is 3.64. The van der Waals surface area contributed by atoms with Gasteiger partial charge in [0.25, 0.3) is 0 Å². The van der Waals surface area contributed by atoms with Crippen molar-refractivity contribution in [1.29, 1.82) is 0 Å². The normalized spacial score (nSPS) is 16.3. The zero-order valence-electron chi connectivity index (χ0n) is 15.3. The SMILES string of the molecule is C=CCc1ccccc1OC[C@@H](S)CN1CCN(c2ccccc2)CC1. The highest BCUT2D eigenvalue weighted by Crippen LogP contribution is 2.20. The molecule has 2 aromatic carbocycles. The van der Waals surface area contributed by atoms with Gasteiger partial charge in [-0.15, -0.1) is 6.58 Å². The summed E-state index contributed by atoms with van der Waals surface area (Å²) in [5.41, 5.74) is 2.50. The molecule has 3 nitrogen and oxygen atoms in total. The topological polar surface area (TPSA) is 15.7 Å². The molecule has 1 saturated heterocycles. The second-order valence-corrected chi connectivity index (χ2v) is 7.42. The fourth-order valence-electron chi connectivity index (χ4n) is 3.33. The van der Waals surface area contributed by atoms with E-state index in [4.69, 9.17) is 17.4 Å². The van der Waals surface area contributed by atoms with Crippen LogP contribution in [0.4, 0.5) is 5.69 Å². The number of ether oxygens (including phenoxy) is 1. The summed E-state index contributed by atoms with van der Waals surface area (Å²) in [6.45, 7) is 9.65. The van der Waals surface area contributed by atoms with Crippen molar-refractivity contribution in [3.05, 3.63) is 72.8 Å². The van der Waals surface area contributed by atoms with Gasteiger partial charge in [-0.3, -0.25) is 4.90 Å². The smallest absolute Gasteiger partial charge is 0.122 e. The van der Waals surface area contributed by atoms with Crippen LogP contribution >= 0.6 is 12.6 Å². The van der Waals surface area contributed by atoms with Crippen LogP contribution in [0.25, 0.3) is 0 Å². The Morgan fingerprint density at radius 1 is 1.00 bits per heavy atom. The number of para-hydroxylation sites is 2. The minimum atomic E-state index is 0.204. The van der Waals surface area contributed by atoms with Gasteiger partial charge in [-0.2, -0.15) is 12.6 Å². The van der Waals surface area contributed by atoms with E-state index in [-0.39, 0.29) is 5.25 Å². The van der Waals surface area contributed by atoms with E-state index in [0.29, 0.717) is 6.61 Å². The van der Waals surface area contributed by atoms with Crippen LogP contribution in [-0.2, 0) is 6.42 Å². The summed E-state index contributed by atoms with van der Waals surface area (Å²) in [7, 11) is 0. The van der Waals surface area contributed by atoms with Crippen LogP contribution in [0.1, 0.15) is 5.56 Å². The third-order valence-electron chi connectivity index (χ3n) is 4.73. The minimum absolute atomic E-state index is 0.204. The van der Waals surface area contributed by atoms with Crippen LogP contribution in [0, 0.1) is 0 Å². The van der Waals surface area contributed by atoms with Crippen molar-refractivity contribution in [3.63, 3.8) is 0 Å². The Morgan fingerprint density at radius 3 is 2.42 bits per heavy atom. The Labute approximate surface area is 162 Å². The molecule has 2 aromatic rings. The lowest BCUT2D eigenvalue weighted by atomic mass is 10.1. The van der Waals surface area contributed by atoms with E-state index in [1.807, 2.05) is 24.3 Å². The standard InChI is InChI=1S/C22H28N2OS/c1-2-8-19-9-6-7-12-22(19)25-18-21(26)17-23-13-15-24(16-14-23)20-10-4-3-5-11-20/h2-7,9-12,21,26H,1,8,13-18H2/t21-/m0/s1. The number of anilines is 1. The summed E-state index contributed by atoms with van der Waals surface area (Å²) in [5, 5.41) is 0.204. The van der Waals surface area contributed by atoms with Crippen LogP contribution < -0.4 is 9.64 Å². The number of rotatable bonds is 8. The highest BCUT2D eigenvalue weighted by atomic mass is 32.1. The number of benzene rings is 2. The number of nitrogens with zero attached hydrogens (tertiary/aromatic N) is 2. The van der Waals surface area contributed by atoms with Gasteiger partial charge in [-0.05, 0) is 30.2 Å². The van der Waals surface area contributed by atoms with Gasteiger partial charge in [0.2, 0.25) is 0 Å². The second-order valence-electron chi connectivity index (χ2n) is 6.69. The third kappa shape index (κ3) is 5.29. The van der Waals surface area contributed by atoms with Gasteiger partial charge in [0.15, 0.2) is 0 Å². The Kier molecular flexibility index (Phi) is 7.04. The lowest BCUT2D eigenvalue weighted by Crippen LogP contribution is -2.48. The third-order valence-corrected chi connectivity index (χ3v) is 5.04. The van der Waals surface area contributed by atoms with Crippen LogP contribution in [0.3, 0.4) is 0 Å². The maximum atomic E-state index is 6.02. The van der Waals surface area contributed by atoms with Gasteiger partial charge in [0.05, 0.1) is 0 Å². The zero-order valence-corrected chi connectivity index (χ0v) is 16.2. The van der Waals surface area contributed by atoms with E-state index in [1.165, 1.54) is 11.3 Å². The summed E-state index contributed by atoms with van der Waals surface area (Å²) in [4.78, 5) is 4.93. The van der Waals surface area contributed by atoms with Crippen LogP contribution in [0.2, 0.25) is 0 Å². The number of allylic oxidation sites excluding steroid dienone is 1. The molecule has 0 spiro atoms. The molecule has 0 unspecified atom stereocenters. The van der Waals surface area contributed by atoms with Gasteiger partial charge in [0, 0.05) is 43.7 Å². The summed E-state index contributed by atoms with van der Waals surface area (Å²) in [6.07, 6.45) is 2.74. The molecule has 0 bridgehead atoms. The Bertz CT molecular complexity index is 684. The van der Waals surface area contributed by atoms with Crippen LogP contribution in [-0.4, -0.2) is 49.5 Å². The molecule has 1 fully saturated rings. The highest BCUT2D eigenvalue weighted by Gasteiger charge is 2.19. The molecule has 4 heteroatoms. The molecule has 0 aromatic heterocycles. The first kappa shape index (κ1) is 18.9. The van der Waals surface area contributed by atoms with E-state index in [9.17, 15) is 0 Å². The van der Waals surface area contributed by atoms with Crippen molar-refractivity contribution in [2.45, 2.75) is 11.7 Å². The summed E-state index contributed by atoms with van der Waals surface area (Å²) < 4.78 is 6.02. The Balaban J connectivity index is 1.43. The molecule has 1 aliphatic heterocycles. The average molecular weight is 369 g/mol. The molecular formula is C22H28N2OS. The molecule has 1 aliphatic rings. The van der Waals surface area contributed by atoms with Gasteiger partial charge >= 0.3 is 0 Å². The van der Waals surface area contributed by atoms with Crippen molar-refractivity contribution >= 4 is 18.3 Å². The van der Waals surface area contributed by atoms with Crippen molar-refractivity contribution in [3.8, 4) is 5.75 Å². The zero-order chi connectivity index (χ0) is 18.2. The average Bonchev–Trinajstić information content (AvgIpc) is 2.69. The Morgan fingerprint density at radius 2 is 1.69 bits per heavy atom. The van der Waals surface area contributed by atoms with E-state index in [2.05, 4.69) is 52.8 Å².